The van der Waals surface area contributed by atoms with Crippen molar-refractivity contribution in [2.75, 3.05) is 5.32 Å². The molecule has 1 N–H and O–H groups in total. The van der Waals surface area contributed by atoms with E-state index in [1.807, 2.05) is 36.4 Å². The lowest BCUT2D eigenvalue weighted by Crippen LogP contribution is -1.96. The van der Waals surface area contributed by atoms with Gasteiger partial charge in [-0.1, -0.05) is 42.1 Å². The lowest BCUT2D eigenvalue weighted by Gasteiger charge is -2.10. The lowest BCUT2D eigenvalue weighted by molar-refractivity contribution is 1.16. The molecule has 0 spiro atoms. The van der Waals surface area contributed by atoms with E-state index in [9.17, 15) is 0 Å². The fourth-order valence-corrected chi connectivity index (χ4v) is 2.68. The minimum absolute atomic E-state index is 0.605. The van der Waals surface area contributed by atoms with Gasteiger partial charge in [-0.05, 0) is 30.3 Å². The summed E-state index contributed by atoms with van der Waals surface area (Å²) in [5.74, 6) is 0.605. The Hall–Kier alpha value is -2.33. The number of aromatic nitrogens is 2. The highest BCUT2D eigenvalue weighted by atomic mass is 32.2. The smallest absolute Gasteiger partial charge is 0.227 e. The molecule has 0 saturated heterocycles. The molecule has 2 aromatic carbocycles. The van der Waals surface area contributed by atoms with Crippen LogP contribution in [0.3, 0.4) is 0 Å². The Labute approximate surface area is 122 Å². The highest BCUT2D eigenvalue weighted by Gasteiger charge is 2.05. The predicted octanol–water partition coefficient (Wildman–Crippen LogP) is 4.37. The van der Waals surface area contributed by atoms with Crippen LogP contribution in [0.4, 0.5) is 11.6 Å². The van der Waals surface area contributed by atoms with Crippen LogP contribution in [-0.2, 0) is 0 Å². The monoisotopic (exact) mass is 279 g/mol. The summed E-state index contributed by atoms with van der Waals surface area (Å²) in [7, 11) is 0. The Morgan fingerprint density at radius 1 is 0.750 bits per heavy atom. The molecule has 4 heteroatoms. The van der Waals surface area contributed by atoms with Gasteiger partial charge in [0.2, 0.25) is 5.95 Å². The van der Waals surface area contributed by atoms with E-state index < -0.39 is 0 Å². The molecule has 0 aliphatic carbocycles. The van der Waals surface area contributed by atoms with E-state index in [-0.39, 0.29) is 0 Å². The van der Waals surface area contributed by atoms with Crippen LogP contribution >= 0.6 is 11.8 Å². The van der Waals surface area contributed by atoms with Crippen molar-refractivity contribution < 1.29 is 0 Å². The van der Waals surface area contributed by atoms with Gasteiger partial charge in [0.25, 0.3) is 0 Å². The molecule has 0 fully saturated rings. The first kappa shape index (κ1) is 12.7. The largest absolute Gasteiger partial charge is 0.323 e. The summed E-state index contributed by atoms with van der Waals surface area (Å²) in [5.41, 5.74) is 1.01. The lowest BCUT2D eigenvalue weighted by atomic mass is 10.3. The van der Waals surface area contributed by atoms with Crippen LogP contribution in [0.15, 0.2) is 82.8 Å². The van der Waals surface area contributed by atoms with Gasteiger partial charge in [0.05, 0.1) is 5.69 Å². The number of hydrogen-bond acceptors (Lipinski definition) is 4. The van der Waals surface area contributed by atoms with Gasteiger partial charge < -0.3 is 5.32 Å². The summed E-state index contributed by atoms with van der Waals surface area (Å²) in [6, 6.07) is 20.2. The zero-order valence-electron chi connectivity index (χ0n) is 10.7. The minimum Gasteiger partial charge on any atom is -0.323 e. The third kappa shape index (κ3) is 3.16. The average molecular weight is 279 g/mol. The third-order valence-corrected chi connectivity index (χ3v) is 3.75. The van der Waals surface area contributed by atoms with Crippen LogP contribution in [0, 0.1) is 0 Å². The van der Waals surface area contributed by atoms with Crippen LogP contribution in [0.25, 0.3) is 0 Å². The van der Waals surface area contributed by atoms with Crippen molar-refractivity contribution in [1.82, 2.24) is 9.97 Å². The number of nitrogens with one attached hydrogen (secondary N) is 1. The van der Waals surface area contributed by atoms with Crippen LogP contribution < -0.4 is 5.32 Å². The molecule has 3 rings (SSSR count). The van der Waals surface area contributed by atoms with Crippen molar-refractivity contribution >= 4 is 23.4 Å². The molecule has 0 aliphatic rings. The van der Waals surface area contributed by atoms with Crippen LogP contribution in [0.1, 0.15) is 0 Å². The normalized spacial score (nSPS) is 10.2. The number of nitrogens with zero attached hydrogens (tertiary/aromatic N) is 2. The van der Waals surface area contributed by atoms with Crippen molar-refractivity contribution in [1.29, 1.82) is 0 Å². The molecule has 0 atom stereocenters. The Kier molecular flexibility index (Phi) is 3.94. The number of benzene rings is 2. The number of hydrogen-bond donors (Lipinski definition) is 1. The number of rotatable bonds is 4. The third-order valence-electron chi connectivity index (χ3n) is 2.67. The molecule has 0 amide bonds. The topological polar surface area (TPSA) is 37.8 Å². The van der Waals surface area contributed by atoms with Crippen molar-refractivity contribution in [2.45, 2.75) is 9.79 Å². The van der Waals surface area contributed by atoms with E-state index in [0.29, 0.717) is 5.95 Å². The highest BCUT2D eigenvalue weighted by molar-refractivity contribution is 7.99. The first-order valence-corrected chi connectivity index (χ1v) is 7.09. The quantitative estimate of drug-likeness (QED) is 0.769. The van der Waals surface area contributed by atoms with E-state index >= 15 is 0 Å². The Balaban J connectivity index is 1.85. The average Bonchev–Trinajstić information content (AvgIpc) is 2.51. The molecular weight excluding hydrogens is 266 g/mol. The molecule has 1 aromatic heterocycles. The van der Waals surface area contributed by atoms with E-state index in [1.54, 1.807) is 30.2 Å². The SMILES string of the molecule is c1ccc(Sc2ccccc2Nc2ncccn2)cc1. The summed E-state index contributed by atoms with van der Waals surface area (Å²) in [4.78, 5) is 10.7. The van der Waals surface area contributed by atoms with Crippen LogP contribution in [-0.4, -0.2) is 9.97 Å². The van der Waals surface area contributed by atoms with Crippen molar-refractivity contribution in [3.8, 4) is 0 Å². The molecular formula is C16H13N3S. The molecule has 0 aliphatic heterocycles. The van der Waals surface area contributed by atoms with Crippen molar-refractivity contribution in [2.24, 2.45) is 0 Å². The maximum absolute atomic E-state index is 4.19. The van der Waals surface area contributed by atoms with Crippen LogP contribution in [0.2, 0.25) is 0 Å². The summed E-state index contributed by atoms with van der Waals surface area (Å²) >= 11 is 1.72. The van der Waals surface area contributed by atoms with Crippen molar-refractivity contribution in [3.05, 3.63) is 73.1 Å². The minimum atomic E-state index is 0.605. The Morgan fingerprint density at radius 2 is 1.45 bits per heavy atom. The summed E-state index contributed by atoms with van der Waals surface area (Å²) < 4.78 is 0. The zero-order valence-corrected chi connectivity index (χ0v) is 11.5. The second kappa shape index (κ2) is 6.21. The van der Waals surface area contributed by atoms with Gasteiger partial charge in [0, 0.05) is 22.2 Å². The van der Waals surface area contributed by atoms with E-state index in [1.165, 1.54) is 4.90 Å². The fourth-order valence-electron chi connectivity index (χ4n) is 1.76. The van der Waals surface area contributed by atoms with Gasteiger partial charge in [-0.3, -0.25) is 0 Å². The Bertz CT molecular complexity index is 611. The van der Waals surface area contributed by atoms with E-state index in [2.05, 4.69) is 33.5 Å². The van der Waals surface area contributed by atoms with Gasteiger partial charge in [-0.25, -0.2) is 9.97 Å². The molecule has 0 radical (unpaired) electrons. The second-order valence-electron chi connectivity index (χ2n) is 4.11. The van der Waals surface area contributed by atoms with Gasteiger partial charge in [0.15, 0.2) is 0 Å². The standard InChI is InChI=1S/C16H13N3S/c1-2-7-13(8-3-1)20-15-10-5-4-9-14(15)19-16-17-11-6-12-18-16/h1-12H,(H,17,18,19). The van der Waals surface area contributed by atoms with Gasteiger partial charge in [-0.15, -0.1) is 0 Å². The summed E-state index contributed by atoms with van der Waals surface area (Å²) in [5, 5.41) is 3.25. The fraction of sp³-hybridized carbons (Fsp3) is 0. The first-order chi connectivity index (χ1) is 9.92. The van der Waals surface area contributed by atoms with Gasteiger partial charge in [-0.2, -0.15) is 0 Å². The molecule has 1 heterocycles. The van der Waals surface area contributed by atoms with Crippen molar-refractivity contribution in [3.63, 3.8) is 0 Å². The van der Waals surface area contributed by atoms with Crippen LogP contribution in [0.5, 0.6) is 0 Å². The maximum atomic E-state index is 4.19. The molecule has 98 valence electrons. The summed E-state index contributed by atoms with van der Waals surface area (Å²) in [6.45, 7) is 0. The molecule has 0 bridgehead atoms. The Morgan fingerprint density at radius 3 is 2.25 bits per heavy atom. The zero-order chi connectivity index (χ0) is 13.6. The van der Waals surface area contributed by atoms with Gasteiger partial charge >= 0.3 is 0 Å². The second-order valence-corrected chi connectivity index (χ2v) is 5.22. The molecule has 3 aromatic rings. The molecule has 0 saturated carbocycles. The number of para-hydroxylation sites is 1. The highest BCUT2D eigenvalue weighted by Crippen LogP contribution is 2.33. The summed E-state index contributed by atoms with van der Waals surface area (Å²) in [6.07, 6.45) is 3.45. The van der Waals surface area contributed by atoms with E-state index in [4.69, 9.17) is 0 Å². The van der Waals surface area contributed by atoms with Gasteiger partial charge in [0.1, 0.15) is 0 Å². The molecule has 20 heavy (non-hydrogen) atoms. The first-order valence-electron chi connectivity index (χ1n) is 6.28. The predicted molar refractivity (Wildman–Crippen MR) is 82.3 cm³/mol. The van der Waals surface area contributed by atoms with E-state index in [0.717, 1.165) is 10.6 Å². The number of anilines is 2. The molecule has 3 nitrogen and oxygen atoms in total. The maximum Gasteiger partial charge on any atom is 0.227 e. The molecule has 0 unspecified atom stereocenters.